The summed E-state index contributed by atoms with van der Waals surface area (Å²) in [6.07, 6.45) is 0. The van der Waals surface area contributed by atoms with Gasteiger partial charge in [0.2, 0.25) is 0 Å². The van der Waals surface area contributed by atoms with Crippen molar-refractivity contribution in [1.29, 1.82) is 0 Å². The number of rotatable bonds is 10. The number of carbonyl (C=O) groups is 2. The number of likely N-dealkylation sites (tertiary alicyclic amines) is 1. The average Bonchev–Trinajstić information content (AvgIpc) is 3.20. The number of hydrogen-bond donors (Lipinski definition) is 1. The highest BCUT2D eigenvalue weighted by Crippen LogP contribution is 2.43. The number of nitrogens with zero attached hydrogens (tertiary/aromatic N) is 2. The number of hydrogen-bond acceptors (Lipinski definition) is 7. The molecule has 0 spiro atoms. The third-order valence-electron chi connectivity index (χ3n) is 6.48. The first-order valence-electron chi connectivity index (χ1n) is 12.4. The number of aliphatic hydroxyl groups excluding tert-OH is 1. The van der Waals surface area contributed by atoms with Crippen LogP contribution in [0.5, 0.6) is 17.2 Å². The zero-order valence-electron chi connectivity index (χ0n) is 22.3. The highest BCUT2D eigenvalue weighted by molar-refractivity contribution is 6.46. The summed E-state index contributed by atoms with van der Waals surface area (Å²) in [7, 11) is 6.66. The predicted octanol–water partition coefficient (Wildman–Crippen LogP) is 4.92. The van der Waals surface area contributed by atoms with E-state index < -0.39 is 17.7 Å². The van der Waals surface area contributed by atoms with Crippen molar-refractivity contribution < 1.29 is 28.9 Å². The molecule has 1 amide bonds. The summed E-state index contributed by atoms with van der Waals surface area (Å²) in [6.45, 7) is 1.15. The van der Waals surface area contributed by atoms with E-state index in [4.69, 9.17) is 25.8 Å². The number of methoxy groups -OCH3 is 2. The monoisotopic (exact) mass is 550 g/mol. The number of amides is 1. The van der Waals surface area contributed by atoms with E-state index in [1.807, 2.05) is 55.4 Å². The van der Waals surface area contributed by atoms with Crippen molar-refractivity contribution in [2.45, 2.75) is 12.6 Å². The molecule has 1 N–H and O–H groups in total. The van der Waals surface area contributed by atoms with Crippen LogP contribution in [0, 0.1) is 0 Å². The Balaban J connectivity index is 1.81. The van der Waals surface area contributed by atoms with Crippen molar-refractivity contribution in [3.8, 4) is 17.2 Å². The summed E-state index contributed by atoms with van der Waals surface area (Å²) in [4.78, 5) is 30.1. The number of carbonyl (C=O) groups excluding carboxylic acids is 2. The predicted molar refractivity (Wildman–Crippen MR) is 149 cm³/mol. The second-order valence-corrected chi connectivity index (χ2v) is 9.74. The lowest BCUT2D eigenvalue weighted by Crippen LogP contribution is -2.35. The fourth-order valence-corrected chi connectivity index (χ4v) is 4.71. The summed E-state index contributed by atoms with van der Waals surface area (Å²) in [5.41, 5.74) is 1.75. The van der Waals surface area contributed by atoms with Crippen LogP contribution in [-0.2, 0) is 16.2 Å². The molecule has 204 valence electrons. The number of benzene rings is 3. The van der Waals surface area contributed by atoms with Crippen molar-refractivity contribution in [3.63, 3.8) is 0 Å². The lowest BCUT2D eigenvalue weighted by molar-refractivity contribution is -0.140. The van der Waals surface area contributed by atoms with Gasteiger partial charge in [-0.3, -0.25) is 9.59 Å². The molecule has 0 radical (unpaired) electrons. The van der Waals surface area contributed by atoms with Crippen LogP contribution < -0.4 is 14.2 Å². The standard InChI is InChI=1S/C30H31ClN2O6/c1-32(2)13-14-33-27(20-11-8-12-21(15-20)39-18-19-9-6-5-7-10-19)26(29(35)30(33)36)28(34)22-16-23(31)25(38-4)17-24(22)37-3/h5-12,15-17,27,34H,13-14,18H2,1-4H3/b28-26+. The lowest BCUT2D eigenvalue weighted by Gasteiger charge is -2.27. The lowest BCUT2D eigenvalue weighted by atomic mass is 9.94. The molecular formula is C30H31ClN2O6. The van der Waals surface area contributed by atoms with Gasteiger partial charge in [0.05, 0.1) is 36.4 Å². The van der Waals surface area contributed by atoms with Gasteiger partial charge in [-0.2, -0.15) is 0 Å². The largest absolute Gasteiger partial charge is 0.507 e. The SMILES string of the molecule is COc1cc(OC)c(/C(O)=C2\C(=O)C(=O)N(CCN(C)C)C2c2cccc(OCc3ccccc3)c2)cc1Cl. The number of Topliss-reactive ketones (excluding diaryl/α,β-unsaturated/α-hetero) is 1. The Morgan fingerprint density at radius 3 is 2.36 bits per heavy atom. The van der Waals surface area contributed by atoms with Gasteiger partial charge in [-0.05, 0) is 43.4 Å². The van der Waals surface area contributed by atoms with E-state index in [0.717, 1.165) is 5.56 Å². The van der Waals surface area contributed by atoms with Crippen molar-refractivity contribution in [3.05, 3.63) is 94.0 Å². The van der Waals surface area contributed by atoms with Gasteiger partial charge in [-0.15, -0.1) is 0 Å². The third kappa shape index (κ3) is 6.02. The van der Waals surface area contributed by atoms with Crippen LogP contribution in [0.2, 0.25) is 5.02 Å². The molecule has 1 atom stereocenters. The second-order valence-electron chi connectivity index (χ2n) is 9.33. The number of likely N-dealkylation sites (N-methyl/N-ethyl adjacent to an activating group) is 1. The van der Waals surface area contributed by atoms with Crippen molar-refractivity contribution in [1.82, 2.24) is 9.80 Å². The van der Waals surface area contributed by atoms with Crippen LogP contribution in [0.25, 0.3) is 5.76 Å². The number of halogens is 1. The molecule has 1 fully saturated rings. The molecule has 1 unspecified atom stereocenters. The summed E-state index contributed by atoms with van der Waals surface area (Å²) in [5, 5.41) is 11.7. The van der Waals surface area contributed by atoms with Crippen LogP contribution in [0.1, 0.15) is 22.7 Å². The molecule has 4 rings (SSSR count). The Kier molecular flexibility index (Phi) is 8.79. The van der Waals surface area contributed by atoms with E-state index in [-0.39, 0.29) is 34.2 Å². The Labute approximate surface area is 233 Å². The molecule has 9 heteroatoms. The maximum Gasteiger partial charge on any atom is 0.295 e. The Morgan fingerprint density at radius 2 is 1.69 bits per heavy atom. The van der Waals surface area contributed by atoms with Crippen molar-refractivity contribution in [2.24, 2.45) is 0 Å². The Morgan fingerprint density at radius 1 is 0.974 bits per heavy atom. The van der Waals surface area contributed by atoms with Crippen LogP contribution in [0.4, 0.5) is 0 Å². The second kappa shape index (κ2) is 12.2. The Bertz CT molecular complexity index is 1390. The molecule has 0 bridgehead atoms. The van der Waals surface area contributed by atoms with Crippen LogP contribution >= 0.6 is 11.6 Å². The molecule has 1 saturated heterocycles. The van der Waals surface area contributed by atoms with Crippen LogP contribution in [-0.4, -0.2) is 68.0 Å². The van der Waals surface area contributed by atoms with Crippen LogP contribution in [0.3, 0.4) is 0 Å². The number of ketones is 1. The van der Waals surface area contributed by atoms with Crippen LogP contribution in [0.15, 0.2) is 72.3 Å². The number of aliphatic hydroxyl groups is 1. The highest BCUT2D eigenvalue weighted by atomic mass is 35.5. The maximum atomic E-state index is 13.4. The molecule has 8 nitrogen and oxygen atoms in total. The van der Waals surface area contributed by atoms with E-state index in [0.29, 0.717) is 30.2 Å². The summed E-state index contributed by atoms with van der Waals surface area (Å²) < 4.78 is 16.7. The summed E-state index contributed by atoms with van der Waals surface area (Å²) >= 11 is 6.35. The third-order valence-corrected chi connectivity index (χ3v) is 6.77. The molecule has 3 aromatic carbocycles. The normalized spacial score (nSPS) is 16.6. The van der Waals surface area contributed by atoms with Gasteiger partial charge in [0.25, 0.3) is 11.7 Å². The zero-order chi connectivity index (χ0) is 28.1. The molecule has 0 aromatic heterocycles. The van der Waals surface area contributed by atoms with Crippen molar-refractivity contribution >= 4 is 29.1 Å². The zero-order valence-corrected chi connectivity index (χ0v) is 23.1. The van der Waals surface area contributed by atoms with E-state index >= 15 is 0 Å². The molecule has 1 heterocycles. The first kappa shape index (κ1) is 28.0. The smallest absolute Gasteiger partial charge is 0.295 e. The maximum absolute atomic E-state index is 13.4. The molecule has 1 aliphatic heterocycles. The minimum Gasteiger partial charge on any atom is -0.507 e. The minimum atomic E-state index is -0.851. The number of ether oxygens (including phenoxy) is 3. The summed E-state index contributed by atoms with van der Waals surface area (Å²) in [5.74, 6) is -0.718. The molecule has 3 aromatic rings. The Hall–Kier alpha value is -4.01. The van der Waals surface area contributed by atoms with E-state index in [2.05, 4.69) is 0 Å². The quantitative estimate of drug-likeness (QED) is 0.218. The topological polar surface area (TPSA) is 88.5 Å². The molecule has 39 heavy (non-hydrogen) atoms. The van der Waals surface area contributed by atoms with E-state index in [1.54, 1.807) is 18.2 Å². The fourth-order valence-electron chi connectivity index (χ4n) is 4.47. The van der Waals surface area contributed by atoms with E-state index in [1.165, 1.54) is 31.3 Å². The fraction of sp³-hybridized carbons (Fsp3) is 0.267. The molecule has 1 aliphatic rings. The van der Waals surface area contributed by atoms with Crippen molar-refractivity contribution in [2.75, 3.05) is 41.4 Å². The highest BCUT2D eigenvalue weighted by Gasteiger charge is 2.46. The van der Waals surface area contributed by atoms with Gasteiger partial charge in [-0.25, -0.2) is 0 Å². The summed E-state index contributed by atoms with van der Waals surface area (Å²) in [6, 6.07) is 19.1. The minimum absolute atomic E-state index is 0.0569. The van der Waals surface area contributed by atoms with Gasteiger partial charge in [-0.1, -0.05) is 54.1 Å². The first-order chi connectivity index (χ1) is 18.7. The van der Waals surface area contributed by atoms with Gasteiger partial charge >= 0.3 is 0 Å². The molecular weight excluding hydrogens is 520 g/mol. The van der Waals surface area contributed by atoms with Gasteiger partial charge in [0, 0.05) is 19.2 Å². The van der Waals surface area contributed by atoms with Gasteiger partial charge in [0.1, 0.15) is 29.6 Å². The average molecular weight is 551 g/mol. The molecule has 0 aliphatic carbocycles. The molecule has 0 saturated carbocycles. The van der Waals surface area contributed by atoms with Gasteiger partial charge in [0.15, 0.2) is 0 Å². The van der Waals surface area contributed by atoms with E-state index in [9.17, 15) is 14.7 Å². The van der Waals surface area contributed by atoms with Gasteiger partial charge < -0.3 is 29.1 Å². The first-order valence-corrected chi connectivity index (χ1v) is 12.7.